The van der Waals surface area contributed by atoms with Gasteiger partial charge in [-0.05, 0) is 24.6 Å². The molecule has 20 heavy (non-hydrogen) atoms. The summed E-state index contributed by atoms with van der Waals surface area (Å²) in [4.78, 5) is 6.34. The van der Waals surface area contributed by atoms with Gasteiger partial charge in [0.05, 0.1) is 5.69 Å². The highest BCUT2D eigenvalue weighted by molar-refractivity contribution is 7.98. The Bertz CT molecular complexity index is 392. The van der Waals surface area contributed by atoms with Crippen molar-refractivity contribution in [3.63, 3.8) is 0 Å². The number of rotatable bonds is 8. The van der Waals surface area contributed by atoms with Crippen LogP contribution in [-0.2, 0) is 17.7 Å². The van der Waals surface area contributed by atoms with Crippen molar-refractivity contribution in [3.8, 4) is 0 Å². The normalized spacial score (nSPS) is 12.3. The zero-order chi connectivity index (χ0) is 15.2. The van der Waals surface area contributed by atoms with Gasteiger partial charge in [-0.15, -0.1) is 11.3 Å². The zero-order valence-corrected chi connectivity index (χ0v) is 15.5. The zero-order valence-electron chi connectivity index (χ0n) is 13.9. The lowest BCUT2D eigenvalue weighted by molar-refractivity contribution is 0.558. The van der Waals surface area contributed by atoms with Crippen LogP contribution in [0.5, 0.6) is 0 Å². The van der Waals surface area contributed by atoms with Crippen molar-refractivity contribution in [1.29, 1.82) is 0 Å². The van der Waals surface area contributed by atoms with Gasteiger partial charge in [-0.2, -0.15) is 11.8 Å². The lowest BCUT2D eigenvalue weighted by atomic mass is 9.91. The second kappa shape index (κ2) is 8.40. The Labute approximate surface area is 133 Å². The highest BCUT2D eigenvalue weighted by Gasteiger charge is 2.22. The van der Waals surface area contributed by atoms with Crippen LogP contribution < -0.4 is 5.32 Å². The Kier molecular flexibility index (Phi) is 7.56. The van der Waals surface area contributed by atoms with Gasteiger partial charge in [0.25, 0.3) is 0 Å². The number of nitrogens with one attached hydrogen (secondary N) is 1. The summed E-state index contributed by atoms with van der Waals surface area (Å²) in [5.74, 6) is 3.03. The molecule has 0 unspecified atom stereocenters. The molecule has 1 N–H and O–H groups in total. The van der Waals surface area contributed by atoms with E-state index in [0.717, 1.165) is 24.8 Å². The van der Waals surface area contributed by atoms with Crippen LogP contribution in [0.2, 0.25) is 0 Å². The van der Waals surface area contributed by atoms with E-state index in [2.05, 4.69) is 46.9 Å². The second-order valence-electron chi connectivity index (χ2n) is 6.72. The molecular formula is C16H30N2S2. The van der Waals surface area contributed by atoms with Gasteiger partial charge in [-0.1, -0.05) is 41.5 Å². The Morgan fingerprint density at radius 1 is 1.30 bits per heavy atom. The maximum absolute atomic E-state index is 4.91. The molecule has 0 aromatic carbocycles. The van der Waals surface area contributed by atoms with Crippen LogP contribution in [0.3, 0.4) is 0 Å². The SMILES string of the molecule is CCCNCc1sc(CSCC(C)C)nc1C(C)(C)C. The van der Waals surface area contributed by atoms with Gasteiger partial charge < -0.3 is 5.32 Å². The van der Waals surface area contributed by atoms with Gasteiger partial charge in [0, 0.05) is 22.6 Å². The van der Waals surface area contributed by atoms with Crippen molar-refractivity contribution >= 4 is 23.1 Å². The van der Waals surface area contributed by atoms with E-state index in [1.165, 1.54) is 27.8 Å². The molecule has 1 aromatic rings. The number of thioether (sulfide) groups is 1. The van der Waals surface area contributed by atoms with Crippen molar-refractivity contribution in [3.05, 3.63) is 15.6 Å². The van der Waals surface area contributed by atoms with Gasteiger partial charge in [-0.25, -0.2) is 4.98 Å². The summed E-state index contributed by atoms with van der Waals surface area (Å²) in [7, 11) is 0. The molecule has 0 aliphatic carbocycles. The van der Waals surface area contributed by atoms with Crippen LogP contribution in [0.1, 0.15) is 63.5 Å². The molecule has 4 heteroatoms. The van der Waals surface area contributed by atoms with E-state index in [-0.39, 0.29) is 5.41 Å². The Morgan fingerprint density at radius 2 is 2.00 bits per heavy atom. The number of thiazole rings is 1. The lowest BCUT2D eigenvalue weighted by Gasteiger charge is -2.17. The lowest BCUT2D eigenvalue weighted by Crippen LogP contribution is -2.19. The smallest absolute Gasteiger partial charge is 0.103 e. The Morgan fingerprint density at radius 3 is 2.55 bits per heavy atom. The number of aromatic nitrogens is 1. The van der Waals surface area contributed by atoms with Crippen molar-refractivity contribution in [1.82, 2.24) is 10.3 Å². The molecule has 0 saturated carbocycles. The van der Waals surface area contributed by atoms with E-state index >= 15 is 0 Å². The maximum atomic E-state index is 4.91. The van der Waals surface area contributed by atoms with Crippen molar-refractivity contribution in [2.24, 2.45) is 5.92 Å². The third kappa shape index (κ3) is 6.15. The largest absolute Gasteiger partial charge is 0.312 e. The van der Waals surface area contributed by atoms with Gasteiger partial charge in [0.1, 0.15) is 5.01 Å². The summed E-state index contributed by atoms with van der Waals surface area (Å²) in [6, 6.07) is 0. The Hall–Kier alpha value is -0.0600. The predicted octanol–water partition coefficient (Wildman–Crippen LogP) is 4.83. The fourth-order valence-corrected chi connectivity index (χ4v) is 4.29. The topological polar surface area (TPSA) is 24.9 Å². The van der Waals surface area contributed by atoms with E-state index in [1.54, 1.807) is 0 Å². The minimum atomic E-state index is 0.140. The summed E-state index contributed by atoms with van der Waals surface area (Å²) in [6.45, 7) is 15.6. The van der Waals surface area contributed by atoms with Crippen molar-refractivity contribution in [2.45, 2.75) is 65.7 Å². The molecule has 116 valence electrons. The first-order valence-electron chi connectivity index (χ1n) is 7.62. The molecule has 0 aliphatic rings. The minimum absolute atomic E-state index is 0.140. The minimum Gasteiger partial charge on any atom is -0.312 e. The fourth-order valence-electron chi connectivity index (χ4n) is 1.93. The number of nitrogens with zero attached hydrogens (tertiary/aromatic N) is 1. The highest BCUT2D eigenvalue weighted by atomic mass is 32.2. The third-order valence-corrected chi connectivity index (χ3v) is 5.46. The second-order valence-corrected chi connectivity index (χ2v) is 8.91. The monoisotopic (exact) mass is 314 g/mol. The molecular weight excluding hydrogens is 284 g/mol. The van der Waals surface area contributed by atoms with E-state index in [9.17, 15) is 0 Å². The first-order chi connectivity index (χ1) is 9.34. The molecule has 0 fully saturated rings. The maximum Gasteiger partial charge on any atom is 0.103 e. The average molecular weight is 315 g/mol. The van der Waals surface area contributed by atoms with Crippen LogP contribution in [0.4, 0.5) is 0 Å². The van der Waals surface area contributed by atoms with Crippen molar-refractivity contribution in [2.75, 3.05) is 12.3 Å². The quantitative estimate of drug-likeness (QED) is 0.696. The van der Waals surface area contributed by atoms with Gasteiger partial charge in [0.15, 0.2) is 0 Å². The summed E-state index contributed by atoms with van der Waals surface area (Å²) < 4.78 is 0. The molecule has 1 rings (SSSR count). The molecule has 0 spiro atoms. The number of hydrogen-bond donors (Lipinski definition) is 1. The standard InChI is InChI=1S/C16H30N2S2/c1-7-8-17-9-13-15(16(4,5)6)18-14(20-13)11-19-10-12(2)3/h12,17H,7-11H2,1-6H3. The van der Waals surface area contributed by atoms with E-state index in [0.29, 0.717) is 0 Å². The molecule has 0 bridgehead atoms. The Balaban J connectivity index is 2.72. The van der Waals surface area contributed by atoms with E-state index in [4.69, 9.17) is 4.98 Å². The number of hydrogen-bond acceptors (Lipinski definition) is 4. The summed E-state index contributed by atoms with van der Waals surface area (Å²) in [6.07, 6.45) is 1.18. The third-order valence-electron chi connectivity index (χ3n) is 2.84. The summed E-state index contributed by atoms with van der Waals surface area (Å²) in [5, 5.41) is 4.80. The van der Waals surface area contributed by atoms with Crippen LogP contribution in [0.15, 0.2) is 0 Å². The van der Waals surface area contributed by atoms with Crippen LogP contribution in [-0.4, -0.2) is 17.3 Å². The van der Waals surface area contributed by atoms with Gasteiger partial charge in [0.2, 0.25) is 0 Å². The molecule has 1 aromatic heterocycles. The first kappa shape index (κ1) is 18.0. The average Bonchev–Trinajstić information content (AvgIpc) is 2.72. The molecule has 1 heterocycles. The van der Waals surface area contributed by atoms with Crippen LogP contribution >= 0.6 is 23.1 Å². The van der Waals surface area contributed by atoms with E-state index < -0.39 is 0 Å². The first-order valence-corrected chi connectivity index (χ1v) is 9.59. The molecule has 0 aliphatic heterocycles. The predicted molar refractivity (Wildman–Crippen MR) is 93.8 cm³/mol. The molecule has 0 saturated heterocycles. The van der Waals surface area contributed by atoms with Gasteiger partial charge >= 0.3 is 0 Å². The van der Waals surface area contributed by atoms with Crippen LogP contribution in [0.25, 0.3) is 0 Å². The summed E-state index contributed by atoms with van der Waals surface area (Å²) in [5.41, 5.74) is 1.42. The highest BCUT2D eigenvalue weighted by Crippen LogP contribution is 2.31. The fraction of sp³-hybridized carbons (Fsp3) is 0.812. The van der Waals surface area contributed by atoms with Crippen LogP contribution in [0, 0.1) is 5.92 Å². The van der Waals surface area contributed by atoms with Gasteiger partial charge in [-0.3, -0.25) is 0 Å². The molecule has 0 radical (unpaired) electrons. The molecule has 2 nitrogen and oxygen atoms in total. The van der Waals surface area contributed by atoms with Crippen molar-refractivity contribution < 1.29 is 0 Å². The van der Waals surface area contributed by atoms with E-state index in [1.807, 2.05) is 23.1 Å². The molecule has 0 atom stereocenters. The summed E-state index contributed by atoms with van der Waals surface area (Å²) >= 11 is 3.90. The molecule has 0 amide bonds.